The van der Waals surface area contributed by atoms with Gasteiger partial charge in [-0.1, -0.05) is 6.07 Å². The molecule has 0 bridgehead atoms. The van der Waals surface area contributed by atoms with Gasteiger partial charge in [-0.05, 0) is 37.6 Å². The van der Waals surface area contributed by atoms with Crippen LogP contribution >= 0.6 is 0 Å². The summed E-state index contributed by atoms with van der Waals surface area (Å²) in [6.45, 7) is 3.52. The van der Waals surface area contributed by atoms with Crippen LogP contribution in [0.15, 0.2) is 35.3 Å². The predicted molar refractivity (Wildman–Crippen MR) is 90.2 cm³/mol. The molecular weight excluding hydrogens is 344 g/mol. The molecule has 0 N–H and O–H groups in total. The standard InChI is InChI=1S/C19H13F2NO4/c1-3-25-19(24)11-8-22-13-5-4-9(2)6-14(13)26-18-15(21)12(20)7-10(16(18)22)17(11)23/h4-8H,3H2,1-2H3. The van der Waals surface area contributed by atoms with Crippen molar-refractivity contribution in [1.29, 1.82) is 0 Å². The maximum absolute atomic E-state index is 14.3. The van der Waals surface area contributed by atoms with Crippen molar-refractivity contribution in [2.75, 3.05) is 6.61 Å². The van der Waals surface area contributed by atoms with E-state index in [0.29, 0.717) is 11.4 Å². The van der Waals surface area contributed by atoms with Crippen molar-refractivity contribution in [1.82, 2.24) is 4.57 Å². The molecule has 1 aliphatic heterocycles. The Morgan fingerprint density at radius 2 is 2.04 bits per heavy atom. The van der Waals surface area contributed by atoms with E-state index in [2.05, 4.69) is 0 Å². The lowest BCUT2D eigenvalue weighted by Crippen LogP contribution is -2.22. The van der Waals surface area contributed by atoms with Crippen molar-refractivity contribution in [3.05, 3.63) is 63.4 Å². The zero-order chi connectivity index (χ0) is 18.6. The molecule has 0 saturated carbocycles. The van der Waals surface area contributed by atoms with E-state index in [1.54, 1.807) is 25.1 Å². The summed E-state index contributed by atoms with van der Waals surface area (Å²) in [4.78, 5) is 24.8. The number of carbonyl (C=O) groups is 1. The summed E-state index contributed by atoms with van der Waals surface area (Å²) in [5, 5.41) is -0.157. The lowest BCUT2D eigenvalue weighted by molar-refractivity contribution is 0.0524. The summed E-state index contributed by atoms with van der Waals surface area (Å²) >= 11 is 0. The Balaban J connectivity index is 2.16. The zero-order valence-corrected chi connectivity index (χ0v) is 13.9. The van der Waals surface area contributed by atoms with Crippen LogP contribution in [-0.2, 0) is 4.74 Å². The smallest absolute Gasteiger partial charge is 0.343 e. The fourth-order valence-corrected chi connectivity index (χ4v) is 3.05. The topological polar surface area (TPSA) is 57.5 Å². The molecule has 0 spiro atoms. The Kier molecular flexibility index (Phi) is 3.54. The maximum atomic E-state index is 14.3. The number of esters is 1. The number of pyridine rings is 1. The van der Waals surface area contributed by atoms with Crippen molar-refractivity contribution < 1.29 is 23.0 Å². The first-order valence-corrected chi connectivity index (χ1v) is 7.95. The normalized spacial score (nSPS) is 11.8. The highest BCUT2D eigenvalue weighted by Gasteiger charge is 2.28. The van der Waals surface area contributed by atoms with Gasteiger partial charge in [0, 0.05) is 6.20 Å². The fourth-order valence-electron chi connectivity index (χ4n) is 3.05. The summed E-state index contributed by atoms with van der Waals surface area (Å²) in [6, 6.07) is 5.96. The molecule has 3 aromatic rings. The number of carbonyl (C=O) groups excluding carboxylic acids is 1. The molecule has 2 heterocycles. The second kappa shape index (κ2) is 5.66. The summed E-state index contributed by atoms with van der Waals surface area (Å²) in [6.07, 6.45) is 1.28. The first-order valence-electron chi connectivity index (χ1n) is 7.95. The second-order valence-electron chi connectivity index (χ2n) is 5.93. The summed E-state index contributed by atoms with van der Waals surface area (Å²) in [7, 11) is 0. The van der Waals surface area contributed by atoms with E-state index in [1.165, 1.54) is 10.8 Å². The van der Waals surface area contributed by atoms with Gasteiger partial charge in [0.05, 0.1) is 17.7 Å². The third kappa shape index (κ3) is 2.20. The van der Waals surface area contributed by atoms with Crippen LogP contribution in [0.3, 0.4) is 0 Å². The van der Waals surface area contributed by atoms with Gasteiger partial charge in [0.2, 0.25) is 11.2 Å². The molecule has 132 valence electrons. The van der Waals surface area contributed by atoms with E-state index < -0.39 is 23.0 Å². The van der Waals surface area contributed by atoms with Crippen LogP contribution in [0.5, 0.6) is 11.5 Å². The molecule has 26 heavy (non-hydrogen) atoms. The molecule has 0 fully saturated rings. The molecule has 7 heteroatoms. The summed E-state index contributed by atoms with van der Waals surface area (Å²) in [5.41, 5.74) is 0.425. The van der Waals surface area contributed by atoms with E-state index in [4.69, 9.17) is 9.47 Å². The number of rotatable bonds is 2. The molecule has 2 aromatic carbocycles. The molecule has 0 atom stereocenters. The predicted octanol–water partition coefficient (Wildman–Crippen LogP) is 3.86. The van der Waals surface area contributed by atoms with Gasteiger partial charge in [-0.2, -0.15) is 4.39 Å². The SMILES string of the molecule is CCOC(=O)c1cn2c3c(c(F)c(F)cc3c1=O)Oc1cc(C)ccc1-2. The molecule has 0 saturated heterocycles. The molecule has 1 aliphatic rings. The average Bonchev–Trinajstić information content (AvgIpc) is 2.61. The number of hydrogen-bond donors (Lipinski definition) is 0. The molecule has 0 amide bonds. The highest BCUT2D eigenvalue weighted by molar-refractivity contribution is 5.97. The zero-order valence-electron chi connectivity index (χ0n) is 13.9. The van der Waals surface area contributed by atoms with Crippen molar-refractivity contribution in [2.24, 2.45) is 0 Å². The fraction of sp³-hybridized carbons (Fsp3) is 0.158. The quantitative estimate of drug-likeness (QED) is 0.511. The Labute approximate surface area is 146 Å². The number of aromatic nitrogens is 1. The van der Waals surface area contributed by atoms with Crippen molar-refractivity contribution in [3.8, 4) is 17.2 Å². The minimum Gasteiger partial charge on any atom is -0.462 e. The Hall–Kier alpha value is -3.22. The minimum atomic E-state index is -1.23. The molecule has 4 rings (SSSR count). The van der Waals surface area contributed by atoms with E-state index >= 15 is 0 Å². The van der Waals surface area contributed by atoms with Crippen LogP contribution in [0.4, 0.5) is 8.78 Å². The number of aryl methyl sites for hydroxylation is 1. The number of halogens is 2. The minimum absolute atomic E-state index is 0.0679. The Morgan fingerprint density at radius 3 is 2.77 bits per heavy atom. The lowest BCUT2D eigenvalue weighted by atomic mass is 10.1. The Bertz CT molecular complexity index is 1150. The average molecular weight is 357 g/mol. The highest BCUT2D eigenvalue weighted by Crippen LogP contribution is 2.42. The highest BCUT2D eigenvalue weighted by atomic mass is 19.2. The summed E-state index contributed by atoms with van der Waals surface area (Å²) < 4.78 is 40.3. The molecular formula is C19H13F2NO4. The first-order chi connectivity index (χ1) is 12.4. The van der Waals surface area contributed by atoms with Gasteiger partial charge in [0.25, 0.3) is 0 Å². The van der Waals surface area contributed by atoms with Crippen LogP contribution in [-0.4, -0.2) is 17.1 Å². The van der Waals surface area contributed by atoms with E-state index in [1.807, 2.05) is 6.92 Å². The molecule has 0 radical (unpaired) electrons. The van der Waals surface area contributed by atoms with Gasteiger partial charge in [-0.15, -0.1) is 0 Å². The number of fused-ring (bicyclic) bond motifs is 2. The van der Waals surface area contributed by atoms with Gasteiger partial charge >= 0.3 is 5.97 Å². The van der Waals surface area contributed by atoms with Crippen LogP contribution in [0, 0.1) is 18.6 Å². The van der Waals surface area contributed by atoms with E-state index in [9.17, 15) is 18.4 Å². The molecule has 0 unspecified atom stereocenters. The van der Waals surface area contributed by atoms with Crippen molar-refractivity contribution in [3.63, 3.8) is 0 Å². The van der Waals surface area contributed by atoms with E-state index in [-0.39, 0.29) is 28.8 Å². The van der Waals surface area contributed by atoms with Gasteiger partial charge in [-0.3, -0.25) is 4.79 Å². The second-order valence-corrected chi connectivity index (χ2v) is 5.93. The monoisotopic (exact) mass is 357 g/mol. The maximum Gasteiger partial charge on any atom is 0.343 e. The third-order valence-electron chi connectivity index (χ3n) is 4.22. The van der Waals surface area contributed by atoms with Crippen molar-refractivity contribution >= 4 is 16.9 Å². The number of hydrogen-bond acceptors (Lipinski definition) is 4. The van der Waals surface area contributed by atoms with Gasteiger partial charge in [0.1, 0.15) is 11.1 Å². The molecule has 5 nitrogen and oxygen atoms in total. The van der Waals surface area contributed by atoms with Gasteiger partial charge in [0.15, 0.2) is 17.3 Å². The van der Waals surface area contributed by atoms with Crippen LogP contribution in [0.2, 0.25) is 0 Å². The third-order valence-corrected chi connectivity index (χ3v) is 4.22. The van der Waals surface area contributed by atoms with Crippen LogP contribution in [0.25, 0.3) is 16.6 Å². The lowest BCUT2D eigenvalue weighted by Gasteiger charge is -2.24. The Morgan fingerprint density at radius 1 is 1.27 bits per heavy atom. The molecule has 1 aromatic heterocycles. The molecule has 0 aliphatic carbocycles. The summed E-state index contributed by atoms with van der Waals surface area (Å²) in [5.74, 6) is -3.34. The van der Waals surface area contributed by atoms with E-state index in [0.717, 1.165) is 11.6 Å². The van der Waals surface area contributed by atoms with Gasteiger partial charge in [-0.25, -0.2) is 9.18 Å². The first kappa shape index (κ1) is 16.3. The number of ether oxygens (including phenoxy) is 2. The number of benzene rings is 2. The number of nitrogens with zero attached hydrogens (tertiary/aromatic N) is 1. The van der Waals surface area contributed by atoms with Gasteiger partial charge < -0.3 is 14.0 Å². The van der Waals surface area contributed by atoms with Crippen LogP contribution < -0.4 is 10.2 Å². The van der Waals surface area contributed by atoms with Crippen LogP contribution in [0.1, 0.15) is 22.8 Å². The largest absolute Gasteiger partial charge is 0.462 e. The van der Waals surface area contributed by atoms with Crippen molar-refractivity contribution in [2.45, 2.75) is 13.8 Å².